The highest BCUT2D eigenvalue weighted by molar-refractivity contribution is 5.98. The second-order valence-electron chi connectivity index (χ2n) is 6.42. The van der Waals surface area contributed by atoms with Crippen molar-refractivity contribution in [3.63, 3.8) is 0 Å². The van der Waals surface area contributed by atoms with E-state index in [-0.39, 0.29) is 17.6 Å². The van der Waals surface area contributed by atoms with Crippen molar-refractivity contribution in [1.82, 2.24) is 9.88 Å². The van der Waals surface area contributed by atoms with Crippen LogP contribution in [0.2, 0.25) is 0 Å². The molecule has 1 saturated heterocycles. The first kappa shape index (κ1) is 14.1. The van der Waals surface area contributed by atoms with E-state index in [0.29, 0.717) is 12.3 Å². The number of hydrogen-bond acceptors (Lipinski definition) is 2. The molecule has 0 spiro atoms. The van der Waals surface area contributed by atoms with Crippen molar-refractivity contribution in [2.75, 3.05) is 6.61 Å². The number of hydrogen-bond donors (Lipinski definition) is 1. The van der Waals surface area contributed by atoms with Gasteiger partial charge < -0.3 is 14.6 Å². The average molecular weight is 286 g/mol. The van der Waals surface area contributed by atoms with Crippen molar-refractivity contribution in [2.24, 2.45) is 7.05 Å². The van der Waals surface area contributed by atoms with E-state index in [9.17, 15) is 4.79 Å². The first-order valence-corrected chi connectivity index (χ1v) is 7.45. The van der Waals surface area contributed by atoms with Crippen molar-refractivity contribution in [2.45, 2.75) is 38.3 Å². The fraction of sp³-hybridized carbons (Fsp3) is 0.471. The maximum absolute atomic E-state index is 12.5. The van der Waals surface area contributed by atoms with E-state index in [2.05, 4.69) is 19.2 Å². The molecule has 2 aromatic rings. The normalized spacial score (nSPS) is 21.4. The molecule has 1 fully saturated rings. The second kappa shape index (κ2) is 5.19. The molecule has 21 heavy (non-hydrogen) atoms. The zero-order valence-electron chi connectivity index (χ0n) is 12.8. The monoisotopic (exact) mass is 286 g/mol. The molecular formula is C17H22N2O2. The molecule has 4 heteroatoms. The van der Waals surface area contributed by atoms with Gasteiger partial charge in [0.1, 0.15) is 5.69 Å². The van der Waals surface area contributed by atoms with E-state index < -0.39 is 0 Å². The molecule has 3 rings (SSSR count). The van der Waals surface area contributed by atoms with Gasteiger partial charge in [0.05, 0.1) is 5.60 Å². The van der Waals surface area contributed by atoms with Crippen LogP contribution < -0.4 is 5.32 Å². The fourth-order valence-corrected chi connectivity index (χ4v) is 3.12. The summed E-state index contributed by atoms with van der Waals surface area (Å²) in [6.45, 7) is 4.84. The maximum atomic E-state index is 12.5. The molecule has 0 bridgehead atoms. The molecule has 0 radical (unpaired) electrons. The Labute approximate surface area is 125 Å². The minimum absolute atomic E-state index is 0.00333. The standard InChI is InChI=1S/C17H22N2O2/c1-17(2)11-13(8-9-21-17)18-16(20)15-10-12-6-4-5-7-14(12)19(15)3/h4-7,10,13H,8-9,11H2,1-3H3,(H,18,20)/t13-/m0/s1. The Kier molecular flexibility index (Phi) is 3.49. The van der Waals surface area contributed by atoms with Gasteiger partial charge in [-0.05, 0) is 38.8 Å². The number of benzene rings is 1. The van der Waals surface area contributed by atoms with Crippen LogP contribution >= 0.6 is 0 Å². The summed E-state index contributed by atoms with van der Waals surface area (Å²) in [5.74, 6) is -0.00333. The van der Waals surface area contributed by atoms with Crippen LogP contribution in [0.4, 0.5) is 0 Å². The lowest BCUT2D eigenvalue weighted by molar-refractivity contribution is -0.0615. The molecule has 0 saturated carbocycles. The third-order valence-electron chi connectivity index (χ3n) is 4.22. The van der Waals surface area contributed by atoms with Crippen molar-refractivity contribution >= 4 is 16.8 Å². The summed E-state index contributed by atoms with van der Waals surface area (Å²) in [6, 6.07) is 10.2. The van der Waals surface area contributed by atoms with Gasteiger partial charge in [-0.25, -0.2) is 0 Å². The number of nitrogens with zero attached hydrogens (tertiary/aromatic N) is 1. The number of aryl methyl sites for hydroxylation is 1. The van der Waals surface area contributed by atoms with E-state index in [1.54, 1.807) is 0 Å². The van der Waals surface area contributed by atoms with Crippen LogP contribution in [0, 0.1) is 0 Å². The minimum atomic E-state index is -0.158. The fourth-order valence-electron chi connectivity index (χ4n) is 3.12. The molecular weight excluding hydrogens is 264 g/mol. The van der Waals surface area contributed by atoms with Gasteiger partial charge >= 0.3 is 0 Å². The van der Waals surface area contributed by atoms with E-state index >= 15 is 0 Å². The number of aromatic nitrogens is 1. The molecule has 112 valence electrons. The number of ether oxygens (including phenoxy) is 1. The van der Waals surface area contributed by atoms with Gasteiger partial charge in [-0.15, -0.1) is 0 Å². The first-order valence-electron chi connectivity index (χ1n) is 7.45. The van der Waals surface area contributed by atoms with E-state index in [1.165, 1.54) is 0 Å². The Morgan fingerprint density at radius 1 is 1.38 bits per heavy atom. The van der Waals surface area contributed by atoms with Crippen molar-refractivity contribution in [1.29, 1.82) is 0 Å². The summed E-state index contributed by atoms with van der Waals surface area (Å²) >= 11 is 0. The molecule has 1 atom stereocenters. The van der Waals surface area contributed by atoms with Gasteiger partial charge in [-0.3, -0.25) is 4.79 Å². The smallest absolute Gasteiger partial charge is 0.268 e. The number of amides is 1. The average Bonchev–Trinajstić information content (AvgIpc) is 2.76. The molecule has 1 aromatic heterocycles. The zero-order chi connectivity index (χ0) is 15.0. The quantitative estimate of drug-likeness (QED) is 0.922. The lowest BCUT2D eigenvalue weighted by Gasteiger charge is -2.35. The molecule has 2 heterocycles. The Bertz CT molecular complexity index is 672. The van der Waals surface area contributed by atoms with Crippen molar-refractivity contribution in [3.8, 4) is 0 Å². The predicted molar refractivity (Wildman–Crippen MR) is 83.4 cm³/mol. The van der Waals surface area contributed by atoms with Crippen LogP contribution in [0.25, 0.3) is 10.9 Å². The topological polar surface area (TPSA) is 43.3 Å². The zero-order valence-corrected chi connectivity index (χ0v) is 12.8. The molecule has 0 aliphatic carbocycles. The van der Waals surface area contributed by atoms with Gasteiger partial charge in [0.2, 0.25) is 0 Å². The summed E-state index contributed by atoms with van der Waals surface area (Å²) in [7, 11) is 1.94. The van der Waals surface area contributed by atoms with Crippen LogP contribution in [0.3, 0.4) is 0 Å². The summed E-state index contributed by atoms with van der Waals surface area (Å²) in [5, 5.41) is 4.25. The van der Waals surface area contributed by atoms with Crippen molar-refractivity contribution in [3.05, 3.63) is 36.0 Å². The van der Waals surface area contributed by atoms with Gasteiger partial charge in [-0.1, -0.05) is 18.2 Å². The molecule has 0 unspecified atom stereocenters. The molecule has 1 amide bonds. The number of rotatable bonds is 2. The second-order valence-corrected chi connectivity index (χ2v) is 6.42. The number of fused-ring (bicyclic) bond motifs is 1. The highest BCUT2D eigenvalue weighted by atomic mass is 16.5. The van der Waals surface area contributed by atoms with E-state index in [0.717, 1.165) is 23.7 Å². The molecule has 1 N–H and O–H groups in total. The number of para-hydroxylation sites is 1. The van der Waals surface area contributed by atoms with E-state index in [4.69, 9.17) is 4.74 Å². The molecule has 1 aliphatic rings. The highest BCUT2D eigenvalue weighted by Crippen LogP contribution is 2.24. The number of carbonyl (C=O) groups is 1. The van der Waals surface area contributed by atoms with Crippen LogP contribution in [-0.4, -0.2) is 28.7 Å². The van der Waals surface area contributed by atoms with Gasteiger partial charge in [0.15, 0.2) is 0 Å². The summed E-state index contributed by atoms with van der Waals surface area (Å²) in [4.78, 5) is 12.5. The first-order chi connectivity index (χ1) is 9.96. The van der Waals surface area contributed by atoms with Gasteiger partial charge in [0, 0.05) is 30.6 Å². The summed E-state index contributed by atoms with van der Waals surface area (Å²) in [5.41, 5.74) is 1.63. The Balaban J connectivity index is 1.79. The third kappa shape index (κ3) is 2.81. The molecule has 1 aliphatic heterocycles. The molecule has 4 nitrogen and oxygen atoms in total. The Hall–Kier alpha value is -1.81. The highest BCUT2D eigenvalue weighted by Gasteiger charge is 2.30. The largest absolute Gasteiger partial charge is 0.375 e. The van der Waals surface area contributed by atoms with Crippen molar-refractivity contribution < 1.29 is 9.53 Å². The van der Waals surface area contributed by atoms with Gasteiger partial charge in [-0.2, -0.15) is 0 Å². The third-order valence-corrected chi connectivity index (χ3v) is 4.22. The SMILES string of the molecule is Cn1c(C(=O)N[C@H]2CCOC(C)(C)C2)cc2ccccc21. The lowest BCUT2D eigenvalue weighted by atomic mass is 9.94. The maximum Gasteiger partial charge on any atom is 0.268 e. The predicted octanol–water partition coefficient (Wildman–Crippen LogP) is 2.87. The number of nitrogens with one attached hydrogen (secondary N) is 1. The number of carbonyl (C=O) groups excluding carboxylic acids is 1. The van der Waals surface area contributed by atoms with Crippen LogP contribution in [0.5, 0.6) is 0 Å². The van der Waals surface area contributed by atoms with Crippen LogP contribution in [0.1, 0.15) is 37.2 Å². The Morgan fingerprint density at radius 3 is 2.86 bits per heavy atom. The summed E-state index contributed by atoms with van der Waals surface area (Å²) < 4.78 is 7.65. The Morgan fingerprint density at radius 2 is 2.14 bits per heavy atom. The van der Waals surface area contributed by atoms with Crippen LogP contribution in [0.15, 0.2) is 30.3 Å². The minimum Gasteiger partial charge on any atom is -0.375 e. The lowest BCUT2D eigenvalue weighted by Crippen LogP contribution is -2.46. The van der Waals surface area contributed by atoms with Gasteiger partial charge in [0.25, 0.3) is 5.91 Å². The molecule has 1 aromatic carbocycles. The summed E-state index contributed by atoms with van der Waals surface area (Å²) in [6.07, 6.45) is 1.72. The van der Waals surface area contributed by atoms with E-state index in [1.807, 2.05) is 41.9 Å². The van der Waals surface area contributed by atoms with Crippen LogP contribution in [-0.2, 0) is 11.8 Å².